The molecule has 4 aromatic rings. The number of benzene rings is 4. The highest BCUT2D eigenvalue weighted by atomic mass is 35.5. The fourth-order valence-corrected chi connectivity index (χ4v) is 6.67. The molecule has 4 aromatic carbocycles. The molecule has 10 heteroatoms. The number of halogens is 3. The van der Waals surface area contributed by atoms with Crippen molar-refractivity contribution in [3.63, 3.8) is 0 Å². The Labute approximate surface area is 278 Å². The molecule has 3 atom stereocenters. The van der Waals surface area contributed by atoms with Crippen LogP contribution in [0.25, 0.3) is 11.1 Å². The van der Waals surface area contributed by atoms with Gasteiger partial charge in [0.25, 0.3) is 0 Å². The Morgan fingerprint density at radius 2 is 1.70 bits per heavy atom. The number of methoxy groups -OCH3 is 2. The third kappa shape index (κ3) is 6.23. The Morgan fingerprint density at radius 3 is 2.30 bits per heavy atom. The SMILES string of the molecule is COC(=O)NC(C(C)(C)C)C1(c2ccccc2)Oc2cc(F)c(Cl)c(-c3c(C#N)ccc(OC)c3F)c2C1COCc1ccccc1. The van der Waals surface area contributed by atoms with E-state index < -0.39 is 45.7 Å². The number of carbonyl (C=O) groups is 1. The lowest BCUT2D eigenvalue weighted by atomic mass is 9.66. The number of nitrogens with one attached hydrogen (secondary N) is 1. The molecule has 1 amide bonds. The van der Waals surface area contributed by atoms with Crippen LogP contribution in [0.2, 0.25) is 5.02 Å². The lowest BCUT2D eigenvalue weighted by Gasteiger charge is -2.47. The summed E-state index contributed by atoms with van der Waals surface area (Å²) in [5, 5.41) is 12.7. The second kappa shape index (κ2) is 13.6. The van der Waals surface area contributed by atoms with Gasteiger partial charge in [-0.2, -0.15) is 5.26 Å². The summed E-state index contributed by atoms with van der Waals surface area (Å²) >= 11 is 6.74. The van der Waals surface area contributed by atoms with E-state index in [1.165, 1.54) is 26.4 Å². The maximum Gasteiger partial charge on any atom is 0.407 e. The fourth-order valence-electron chi connectivity index (χ4n) is 6.42. The number of fused-ring (bicyclic) bond motifs is 1. The van der Waals surface area contributed by atoms with Crippen LogP contribution in [0.3, 0.4) is 0 Å². The molecule has 47 heavy (non-hydrogen) atoms. The van der Waals surface area contributed by atoms with E-state index in [1.54, 1.807) is 0 Å². The summed E-state index contributed by atoms with van der Waals surface area (Å²) < 4.78 is 55.7. The molecule has 3 unspecified atom stereocenters. The number of carbonyl (C=O) groups excluding carboxylic acids is 1. The third-order valence-electron chi connectivity index (χ3n) is 8.43. The Bertz CT molecular complexity index is 1810. The molecule has 5 rings (SSSR count). The van der Waals surface area contributed by atoms with E-state index in [4.69, 9.17) is 30.5 Å². The van der Waals surface area contributed by atoms with Gasteiger partial charge in [0.15, 0.2) is 17.2 Å². The maximum absolute atomic E-state index is 16.3. The number of ether oxygens (including phenoxy) is 4. The molecule has 0 fully saturated rings. The van der Waals surface area contributed by atoms with E-state index in [0.717, 1.165) is 11.6 Å². The van der Waals surface area contributed by atoms with Gasteiger partial charge >= 0.3 is 6.09 Å². The smallest absolute Gasteiger partial charge is 0.407 e. The van der Waals surface area contributed by atoms with Crippen LogP contribution in [0.1, 0.15) is 48.9 Å². The first kappa shape index (κ1) is 33.7. The highest BCUT2D eigenvalue weighted by Gasteiger charge is 2.60. The molecule has 0 saturated carbocycles. The summed E-state index contributed by atoms with van der Waals surface area (Å²) in [4.78, 5) is 13.0. The van der Waals surface area contributed by atoms with Gasteiger partial charge in [-0.05, 0) is 28.7 Å². The molecule has 1 heterocycles. The summed E-state index contributed by atoms with van der Waals surface area (Å²) in [6.45, 7) is 5.96. The van der Waals surface area contributed by atoms with Gasteiger partial charge in [0, 0.05) is 22.8 Å². The Balaban J connectivity index is 1.85. The number of nitrogens with zero attached hydrogens (tertiary/aromatic N) is 1. The average molecular weight is 661 g/mol. The molecule has 0 bridgehead atoms. The van der Waals surface area contributed by atoms with Gasteiger partial charge in [0.1, 0.15) is 11.6 Å². The first-order valence-electron chi connectivity index (χ1n) is 15.0. The van der Waals surface area contributed by atoms with E-state index in [1.807, 2.05) is 87.5 Å². The Morgan fingerprint density at radius 1 is 1.04 bits per heavy atom. The highest BCUT2D eigenvalue weighted by Crippen LogP contribution is 2.59. The third-order valence-corrected chi connectivity index (χ3v) is 8.80. The summed E-state index contributed by atoms with van der Waals surface area (Å²) in [5.74, 6) is -2.70. The highest BCUT2D eigenvalue weighted by molar-refractivity contribution is 6.34. The summed E-state index contributed by atoms with van der Waals surface area (Å²) in [6.07, 6.45) is -0.709. The van der Waals surface area contributed by atoms with Crippen molar-refractivity contribution in [3.05, 3.63) is 118 Å². The Kier molecular flexibility index (Phi) is 9.76. The van der Waals surface area contributed by atoms with E-state index >= 15 is 8.78 Å². The molecule has 0 radical (unpaired) electrons. The molecule has 244 valence electrons. The molecule has 1 aliphatic heterocycles. The molecule has 0 saturated heterocycles. The zero-order chi connectivity index (χ0) is 33.9. The van der Waals surface area contributed by atoms with E-state index in [2.05, 4.69) is 5.32 Å². The lowest BCUT2D eigenvalue weighted by Crippen LogP contribution is -2.61. The van der Waals surface area contributed by atoms with Gasteiger partial charge in [0.2, 0.25) is 0 Å². The monoisotopic (exact) mass is 660 g/mol. The predicted octanol–water partition coefficient (Wildman–Crippen LogP) is 8.52. The van der Waals surface area contributed by atoms with Crippen molar-refractivity contribution in [1.29, 1.82) is 5.26 Å². The van der Waals surface area contributed by atoms with Gasteiger partial charge < -0.3 is 24.3 Å². The van der Waals surface area contributed by atoms with E-state index in [9.17, 15) is 10.1 Å². The quantitative estimate of drug-likeness (QED) is 0.194. The van der Waals surface area contributed by atoms with Gasteiger partial charge in [-0.15, -0.1) is 0 Å². The summed E-state index contributed by atoms with van der Waals surface area (Å²) in [7, 11) is 2.55. The zero-order valence-electron chi connectivity index (χ0n) is 26.7. The number of hydrogen-bond donors (Lipinski definition) is 1. The van der Waals surface area contributed by atoms with Crippen LogP contribution in [-0.2, 0) is 21.7 Å². The number of nitriles is 1. The molecule has 1 aliphatic rings. The van der Waals surface area contributed by atoms with Crippen molar-refractivity contribution in [2.75, 3.05) is 20.8 Å². The molecular weight excluding hydrogens is 626 g/mol. The Hall–Kier alpha value is -4.65. The van der Waals surface area contributed by atoms with E-state index in [-0.39, 0.29) is 41.4 Å². The van der Waals surface area contributed by atoms with Crippen molar-refractivity contribution in [3.8, 4) is 28.7 Å². The van der Waals surface area contributed by atoms with Gasteiger partial charge in [0.05, 0.1) is 56.0 Å². The minimum Gasteiger partial charge on any atom is -0.494 e. The van der Waals surface area contributed by atoms with Crippen LogP contribution in [0.4, 0.5) is 13.6 Å². The number of alkyl carbamates (subject to hydrolysis) is 1. The lowest BCUT2D eigenvalue weighted by molar-refractivity contribution is -0.0433. The normalized spacial score (nSPS) is 17.6. The standard InChI is InChI=1S/C37H35ClF2N2O5/c1-36(2,3)34(42-35(43)45-5)37(24-14-10-7-11-15-24)25(21-46-20-22-12-8-6-9-13-22)30-28(47-37)18-26(39)32(38)31(30)29-23(19-41)16-17-27(44-4)33(29)40/h6-18,25,34H,20-21H2,1-5H3,(H,42,43). The fraction of sp³-hybridized carbons (Fsp3) is 0.297. The molecular formula is C37H35ClF2N2O5. The minimum absolute atomic E-state index is 0.0331. The average Bonchev–Trinajstić information content (AvgIpc) is 3.38. The summed E-state index contributed by atoms with van der Waals surface area (Å²) in [6, 6.07) is 23.8. The zero-order valence-corrected chi connectivity index (χ0v) is 27.5. The number of hydrogen-bond acceptors (Lipinski definition) is 6. The van der Waals surface area contributed by atoms with Gasteiger partial charge in [-0.25, -0.2) is 13.6 Å². The number of rotatable bonds is 9. The van der Waals surface area contributed by atoms with Crippen LogP contribution >= 0.6 is 11.6 Å². The maximum atomic E-state index is 16.3. The molecule has 7 nitrogen and oxygen atoms in total. The first-order chi connectivity index (χ1) is 22.5. The van der Waals surface area contributed by atoms with Gasteiger partial charge in [-0.1, -0.05) is 93.0 Å². The molecule has 0 aliphatic carbocycles. The van der Waals surface area contributed by atoms with Crippen molar-refractivity contribution < 1.29 is 32.5 Å². The summed E-state index contributed by atoms with van der Waals surface area (Å²) in [5.41, 5.74) is -0.702. The van der Waals surface area contributed by atoms with E-state index in [0.29, 0.717) is 11.1 Å². The topological polar surface area (TPSA) is 89.8 Å². The largest absolute Gasteiger partial charge is 0.494 e. The van der Waals surface area contributed by atoms with Crippen LogP contribution in [-0.4, -0.2) is 33.0 Å². The molecule has 1 N–H and O–H groups in total. The van der Waals surface area contributed by atoms with Crippen molar-refractivity contribution in [2.24, 2.45) is 5.41 Å². The second-order valence-electron chi connectivity index (χ2n) is 12.3. The van der Waals surface area contributed by atoms with Crippen LogP contribution in [0.5, 0.6) is 11.5 Å². The molecule has 0 spiro atoms. The van der Waals surface area contributed by atoms with Crippen molar-refractivity contribution in [2.45, 2.75) is 44.9 Å². The van der Waals surface area contributed by atoms with Crippen molar-refractivity contribution >= 4 is 17.7 Å². The van der Waals surface area contributed by atoms with Crippen LogP contribution in [0, 0.1) is 28.4 Å². The first-order valence-corrected chi connectivity index (χ1v) is 15.3. The predicted molar refractivity (Wildman–Crippen MR) is 174 cm³/mol. The van der Waals surface area contributed by atoms with Gasteiger partial charge in [-0.3, -0.25) is 0 Å². The number of amides is 1. The van der Waals surface area contributed by atoms with Crippen LogP contribution < -0.4 is 14.8 Å². The second-order valence-corrected chi connectivity index (χ2v) is 12.7. The van der Waals surface area contributed by atoms with Crippen molar-refractivity contribution in [1.82, 2.24) is 5.32 Å². The minimum atomic E-state index is -1.47. The molecule has 0 aromatic heterocycles. The van der Waals surface area contributed by atoms with Crippen LogP contribution in [0.15, 0.2) is 78.9 Å².